The Morgan fingerprint density at radius 1 is 0.921 bits per heavy atom. The van der Waals surface area contributed by atoms with Gasteiger partial charge >= 0.3 is 12.4 Å². The van der Waals surface area contributed by atoms with Crippen LogP contribution < -0.4 is 15.0 Å². The van der Waals surface area contributed by atoms with E-state index in [0.29, 0.717) is 31.0 Å². The maximum atomic E-state index is 13.2. The number of morpholine rings is 1. The maximum Gasteiger partial charge on any atom is 0.430 e. The van der Waals surface area contributed by atoms with Gasteiger partial charge in [0.05, 0.1) is 13.2 Å². The smallest absolute Gasteiger partial charge is 0.430 e. The van der Waals surface area contributed by atoms with E-state index in [1.165, 1.54) is 12.1 Å². The Morgan fingerprint density at radius 2 is 1.55 bits per heavy atom. The Hall–Kier alpha value is -3.71. The average molecular weight is 544 g/mol. The normalized spacial score (nSPS) is 15.0. The van der Waals surface area contributed by atoms with Crippen molar-refractivity contribution in [3.63, 3.8) is 0 Å². The number of benzene rings is 3. The first-order chi connectivity index (χ1) is 17.8. The van der Waals surface area contributed by atoms with Crippen LogP contribution >= 0.6 is 0 Å². The van der Waals surface area contributed by atoms with Gasteiger partial charge < -0.3 is 29.9 Å². The largest absolute Gasteiger partial charge is 0.508 e. The molecule has 0 radical (unpaired) electrons. The van der Waals surface area contributed by atoms with Crippen LogP contribution in [0.2, 0.25) is 0 Å². The molecule has 1 aliphatic heterocycles. The van der Waals surface area contributed by atoms with Crippen molar-refractivity contribution in [2.75, 3.05) is 43.1 Å². The highest BCUT2D eigenvalue weighted by atomic mass is 19.4. The molecule has 4 rings (SSSR count). The topological polar surface area (TPSA) is 91.3 Å². The molecule has 1 amide bonds. The minimum atomic E-state index is -6.14. The molecular weight excluding hydrogens is 522 g/mol. The van der Waals surface area contributed by atoms with Crippen LogP contribution in [0.1, 0.15) is 5.56 Å². The molecule has 0 bridgehead atoms. The van der Waals surface area contributed by atoms with Crippen LogP contribution in [0, 0.1) is 0 Å². The highest BCUT2D eigenvalue weighted by Crippen LogP contribution is 2.52. The number of aliphatic hydroxyl groups is 1. The number of carbonyl (C=O) groups is 1. The number of hydrogen-bond acceptors (Lipinski definition) is 6. The average Bonchev–Trinajstić information content (AvgIpc) is 2.86. The Balaban J connectivity index is 1.44. The summed E-state index contributed by atoms with van der Waals surface area (Å²) in [7, 11) is 0. The first-order valence-electron chi connectivity index (χ1n) is 11.3. The molecule has 3 aromatic rings. The molecule has 0 atom stereocenters. The molecular formula is C25H22F6N2O5. The maximum absolute atomic E-state index is 13.2. The second kappa shape index (κ2) is 10.2. The van der Waals surface area contributed by atoms with Crippen molar-refractivity contribution in [3.05, 3.63) is 60.2 Å². The zero-order valence-electron chi connectivity index (χ0n) is 19.6. The molecule has 13 heteroatoms. The summed E-state index contributed by atoms with van der Waals surface area (Å²) in [6, 6.07) is 11.8. The lowest BCUT2D eigenvalue weighted by molar-refractivity contribution is -0.376. The molecule has 1 aliphatic rings. The quantitative estimate of drug-likeness (QED) is 0.390. The van der Waals surface area contributed by atoms with E-state index in [1.54, 1.807) is 12.1 Å². The summed E-state index contributed by atoms with van der Waals surface area (Å²) in [5, 5.41) is 22.1. The van der Waals surface area contributed by atoms with Gasteiger partial charge in [0.15, 0.2) is 6.61 Å². The van der Waals surface area contributed by atoms with Gasteiger partial charge in [-0.25, -0.2) is 0 Å². The number of phenolic OH excluding ortho intramolecular Hbond substituents is 1. The van der Waals surface area contributed by atoms with Crippen LogP contribution in [0.4, 0.5) is 37.7 Å². The number of fused-ring (bicyclic) bond motifs is 1. The van der Waals surface area contributed by atoms with E-state index in [1.807, 2.05) is 12.1 Å². The Labute approximate surface area is 212 Å². The molecule has 0 aliphatic carbocycles. The first kappa shape index (κ1) is 27.3. The number of amides is 1. The summed E-state index contributed by atoms with van der Waals surface area (Å²) < 4.78 is 90.0. The van der Waals surface area contributed by atoms with Gasteiger partial charge in [-0.15, -0.1) is 0 Å². The standard InChI is InChI=1S/C25H22F6N2O5/c26-24(27,28)23(36,25(29,30)31)20-12-15-1-6-19(11-16(15)13-21(20)34)38-14-22(35)32-17-2-4-18(5-3-17)33-7-9-37-10-8-33/h1-6,11-13,34,36H,7-10,14H2,(H,32,35). The molecule has 7 nitrogen and oxygen atoms in total. The molecule has 1 fully saturated rings. The number of carbonyl (C=O) groups excluding carboxylic acids is 1. The van der Waals surface area contributed by atoms with Gasteiger partial charge in [0.1, 0.15) is 11.5 Å². The van der Waals surface area contributed by atoms with E-state index >= 15 is 0 Å². The van der Waals surface area contributed by atoms with Crippen LogP contribution in [0.15, 0.2) is 54.6 Å². The highest BCUT2D eigenvalue weighted by molar-refractivity contribution is 5.92. The molecule has 0 saturated carbocycles. The van der Waals surface area contributed by atoms with Gasteiger partial charge in [0.2, 0.25) is 0 Å². The van der Waals surface area contributed by atoms with Crippen LogP contribution in [0.25, 0.3) is 10.8 Å². The van der Waals surface area contributed by atoms with Crippen molar-refractivity contribution in [2.24, 2.45) is 0 Å². The number of nitrogens with one attached hydrogen (secondary N) is 1. The third kappa shape index (κ3) is 5.43. The SMILES string of the molecule is O=C(COc1ccc2cc(C(O)(C(F)(F)F)C(F)(F)F)c(O)cc2c1)Nc1ccc(N2CCOCC2)cc1. The molecule has 1 heterocycles. The van der Waals surface area contributed by atoms with Gasteiger partial charge in [-0.1, -0.05) is 6.07 Å². The minimum absolute atomic E-state index is 0.0227. The Kier molecular flexibility index (Phi) is 7.35. The summed E-state index contributed by atoms with van der Waals surface area (Å²) in [5.41, 5.74) is -5.52. The van der Waals surface area contributed by atoms with Crippen molar-refractivity contribution < 1.29 is 50.8 Å². The minimum Gasteiger partial charge on any atom is -0.508 e. The summed E-state index contributed by atoms with van der Waals surface area (Å²) in [5.74, 6) is -1.85. The number of aromatic hydroxyl groups is 1. The van der Waals surface area contributed by atoms with E-state index in [4.69, 9.17) is 9.47 Å². The summed E-state index contributed by atoms with van der Waals surface area (Å²) in [6.07, 6.45) is -12.3. The van der Waals surface area contributed by atoms with Crippen molar-refractivity contribution in [2.45, 2.75) is 18.0 Å². The summed E-state index contributed by atoms with van der Waals surface area (Å²) >= 11 is 0. The number of anilines is 2. The van der Waals surface area contributed by atoms with Crippen LogP contribution in [0.5, 0.6) is 11.5 Å². The molecule has 3 aromatic carbocycles. The monoisotopic (exact) mass is 544 g/mol. The van der Waals surface area contributed by atoms with Gasteiger partial charge in [-0.3, -0.25) is 4.79 Å². The third-order valence-electron chi connectivity index (χ3n) is 6.03. The highest BCUT2D eigenvalue weighted by Gasteiger charge is 2.72. The lowest BCUT2D eigenvalue weighted by Crippen LogP contribution is -2.53. The van der Waals surface area contributed by atoms with Crippen molar-refractivity contribution in [1.82, 2.24) is 0 Å². The van der Waals surface area contributed by atoms with Crippen LogP contribution in [-0.2, 0) is 15.1 Å². The number of phenols is 1. The summed E-state index contributed by atoms with van der Waals surface area (Å²) in [4.78, 5) is 14.4. The molecule has 0 unspecified atom stereocenters. The lowest BCUT2D eigenvalue weighted by Gasteiger charge is -2.33. The number of alkyl halides is 6. The summed E-state index contributed by atoms with van der Waals surface area (Å²) in [6.45, 7) is 2.35. The van der Waals surface area contributed by atoms with Crippen molar-refractivity contribution >= 4 is 28.1 Å². The number of nitrogens with zero attached hydrogens (tertiary/aromatic N) is 1. The van der Waals surface area contributed by atoms with E-state index < -0.39 is 41.8 Å². The fraction of sp³-hybridized carbons (Fsp3) is 0.320. The molecule has 1 saturated heterocycles. The van der Waals surface area contributed by atoms with E-state index in [9.17, 15) is 41.4 Å². The molecule has 0 aromatic heterocycles. The zero-order valence-corrected chi connectivity index (χ0v) is 19.6. The fourth-order valence-corrected chi connectivity index (χ4v) is 4.03. The number of rotatable bonds is 6. The number of hydrogen-bond donors (Lipinski definition) is 3. The van der Waals surface area contributed by atoms with Crippen LogP contribution in [0.3, 0.4) is 0 Å². The second-order valence-electron chi connectivity index (χ2n) is 8.57. The van der Waals surface area contributed by atoms with Crippen LogP contribution in [-0.4, -0.2) is 61.4 Å². The van der Waals surface area contributed by atoms with Crippen molar-refractivity contribution in [1.29, 1.82) is 0 Å². The molecule has 0 spiro atoms. The second-order valence-corrected chi connectivity index (χ2v) is 8.57. The zero-order chi connectivity index (χ0) is 27.7. The van der Waals surface area contributed by atoms with Gasteiger partial charge in [0, 0.05) is 30.0 Å². The number of ether oxygens (including phenoxy) is 2. The predicted molar refractivity (Wildman–Crippen MR) is 125 cm³/mol. The Morgan fingerprint density at radius 3 is 2.16 bits per heavy atom. The third-order valence-corrected chi connectivity index (χ3v) is 6.03. The Bertz CT molecular complexity index is 1290. The van der Waals surface area contributed by atoms with Gasteiger partial charge in [0.25, 0.3) is 11.5 Å². The van der Waals surface area contributed by atoms with Crippen molar-refractivity contribution in [3.8, 4) is 11.5 Å². The first-order valence-corrected chi connectivity index (χ1v) is 11.3. The van der Waals surface area contributed by atoms with E-state index in [2.05, 4.69) is 10.2 Å². The molecule has 38 heavy (non-hydrogen) atoms. The van der Waals surface area contributed by atoms with Gasteiger partial charge in [-0.05, 0) is 59.3 Å². The van der Waals surface area contributed by atoms with Gasteiger partial charge in [-0.2, -0.15) is 26.3 Å². The molecule has 3 N–H and O–H groups in total. The van der Waals surface area contributed by atoms with E-state index in [0.717, 1.165) is 24.8 Å². The predicted octanol–water partition coefficient (Wildman–Crippen LogP) is 4.71. The molecule has 204 valence electrons. The lowest BCUT2D eigenvalue weighted by atomic mass is 9.89. The fourth-order valence-electron chi connectivity index (χ4n) is 4.03. The number of halogens is 6. The van der Waals surface area contributed by atoms with E-state index in [-0.39, 0.29) is 16.5 Å².